The van der Waals surface area contributed by atoms with E-state index in [1.165, 1.54) is 7.11 Å². The van der Waals surface area contributed by atoms with Crippen LogP contribution in [0.25, 0.3) is 0 Å². The highest BCUT2D eigenvalue weighted by Crippen LogP contribution is 2.41. The van der Waals surface area contributed by atoms with Crippen LogP contribution in [0.4, 0.5) is 5.69 Å². The molecule has 3 rings (SSSR count). The molecule has 22 heavy (non-hydrogen) atoms. The summed E-state index contributed by atoms with van der Waals surface area (Å²) in [5.74, 6) is -1.99. The molecule has 0 bridgehead atoms. The highest BCUT2D eigenvalue weighted by atomic mass is 16.7. The molecule has 1 aromatic rings. The molecule has 1 saturated heterocycles. The fourth-order valence-corrected chi connectivity index (χ4v) is 3.08. The summed E-state index contributed by atoms with van der Waals surface area (Å²) in [6.07, 6.45) is 0.953. The number of carbonyl (C=O) groups is 1. The van der Waals surface area contributed by atoms with Crippen molar-refractivity contribution in [2.45, 2.75) is 18.6 Å². The molecule has 120 valence electrons. The minimum absolute atomic E-state index is 0.317. The largest absolute Gasteiger partial charge is 0.476 e. The summed E-state index contributed by atoms with van der Waals surface area (Å²) < 4.78 is 11.1. The third kappa shape index (κ3) is 2.53. The lowest BCUT2D eigenvalue weighted by Crippen LogP contribution is -2.50. The maximum Gasteiger partial charge on any atom is 0.377 e. The molecule has 6 nitrogen and oxygen atoms in total. The second kappa shape index (κ2) is 5.78. The van der Waals surface area contributed by atoms with Gasteiger partial charge in [0, 0.05) is 39.7 Å². The van der Waals surface area contributed by atoms with Gasteiger partial charge in [0.25, 0.3) is 0 Å². The van der Waals surface area contributed by atoms with Crippen LogP contribution in [0.2, 0.25) is 0 Å². The van der Waals surface area contributed by atoms with Gasteiger partial charge in [-0.15, -0.1) is 0 Å². The zero-order valence-corrected chi connectivity index (χ0v) is 13.0. The van der Waals surface area contributed by atoms with Crippen molar-refractivity contribution in [2.24, 2.45) is 0 Å². The average molecular weight is 306 g/mol. The zero-order chi connectivity index (χ0) is 15.7. The quantitative estimate of drug-likeness (QED) is 0.905. The second-order valence-electron chi connectivity index (χ2n) is 5.92. The molecule has 6 heteroatoms. The molecule has 1 fully saturated rings. The molecule has 2 aliphatic rings. The van der Waals surface area contributed by atoms with E-state index in [4.69, 9.17) is 9.47 Å². The van der Waals surface area contributed by atoms with E-state index in [-0.39, 0.29) is 0 Å². The van der Waals surface area contributed by atoms with Crippen molar-refractivity contribution in [3.05, 3.63) is 23.8 Å². The van der Waals surface area contributed by atoms with Gasteiger partial charge in [-0.3, -0.25) is 0 Å². The summed E-state index contributed by atoms with van der Waals surface area (Å²) >= 11 is 0. The number of hydrogen-bond donors (Lipinski definition) is 1. The predicted octanol–water partition coefficient (Wildman–Crippen LogP) is 1.19. The number of carboxylic acids is 1. The van der Waals surface area contributed by atoms with Gasteiger partial charge in [-0.05, 0) is 25.1 Å². The molecule has 0 amide bonds. The summed E-state index contributed by atoms with van der Waals surface area (Å²) in [4.78, 5) is 16.1. The topological polar surface area (TPSA) is 62.2 Å². The molecule has 0 aromatic heterocycles. The van der Waals surface area contributed by atoms with E-state index in [0.29, 0.717) is 18.6 Å². The Morgan fingerprint density at radius 2 is 2.05 bits per heavy atom. The molecule has 1 aromatic carbocycles. The lowest BCUT2D eigenvalue weighted by Gasteiger charge is -2.39. The van der Waals surface area contributed by atoms with Crippen molar-refractivity contribution in [1.29, 1.82) is 0 Å². The molecule has 0 saturated carbocycles. The maximum absolute atomic E-state index is 11.6. The summed E-state index contributed by atoms with van der Waals surface area (Å²) in [7, 11) is 3.49. The molecule has 2 aliphatic heterocycles. The fourth-order valence-electron chi connectivity index (χ4n) is 3.08. The minimum atomic E-state index is -1.57. The number of piperazine rings is 1. The van der Waals surface area contributed by atoms with Crippen molar-refractivity contribution >= 4 is 11.7 Å². The summed E-state index contributed by atoms with van der Waals surface area (Å²) in [5.41, 5.74) is 2.01. The maximum atomic E-state index is 11.6. The molecule has 1 unspecified atom stereocenters. The minimum Gasteiger partial charge on any atom is -0.476 e. The van der Waals surface area contributed by atoms with Crippen molar-refractivity contribution in [3.8, 4) is 5.75 Å². The van der Waals surface area contributed by atoms with Crippen molar-refractivity contribution < 1.29 is 19.4 Å². The highest BCUT2D eigenvalue weighted by molar-refractivity contribution is 5.78. The van der Waals surface area contributed by atoms with Crippen LogP contribution in [-0.2, 0) is 16.0 Å². The van der Waals surface area contributed by atoms with Gasteiger partial charge in [-0.2, -0.15) is 0 Å². The number of rotatable bonds is 3. The van der Waals surface area contributed by atoms with E-state index in [1.54, 1.807) is 0 Å². The number of ether oxygens (including phenoxy) is 2. The summed E-state index contributed by atoms with van der Waals surface area (Å²) in [5, 5.41) is 9.48. The molecule has 0 radical (unpaired) electrons. The molecular formula is C16H22N2O4. The lowest BCUT2D eigenvalue weighted by atomic mass is 9.98. The number of aliphatic carboxylic acids is 1. The molecule has 2 heterocycles. The third-order valence-electron chi connectivity index (χ3n) is 4.57. The van der Waals surface area contributed by atoms with Crippen LogP contribution in [0.5, 0.6) is 5.75 Å². The van der Waals surface area contributed by atoms with E-state index < -0.39 is 11.8 Å². The molecular weight excluding hydrogens is 284 g/mol. The van der Waals surface area contributed by atoms with Gasteiger partial charge in [0.2, 0.25) is 0 Å². The van der Waals surface area contributed by atoms with Crippen LogP contribution in [0.1, 0.15) is 12.0 Å². The van der Waals surface area contributed by atoms with Gasteiger partial charge in [-0.1, -0.05) is 12.1 Å². The van der Waals surface area contributed by atoms with E-state index in [9.17, 15) is 9.90 Å². The number of anilines is 1. The number of fused-ring (bicyclic) bond motifs is 1. The molecule has 0 aliphatic carbocycles. The van der Waals surface area contributed by atoms with Crippen LogP contribution < -0.4 is 9.64 Å². The number of nitrogens with zero attached hydrogens (tertiary/aromatic N) is 2. The van der Waals surface area contributed by atoms with Crippen LogP contribution in [0.3, 0.4) is 0 Å². The summed E-state index contributed by atoms with van der Waals surface area (Å²) in [6.45, 7) is 3.78. The highest BCUT2D eigenvalue weighted by Gasteiger charge is 2.45. The number of carboxylic acid groups (broad SMARTS) is 1. The number of methoxy groups -OCH3 is 1. The monoisotopic (exact) mass is 306 g/mol. The molecule has 0 spiro atoms. The Hall–Kier alpha value is -1.79. The number of hydrogen-bond acceptors (Lipinski definition) is 5. The third-order valence-corrected chi connectivity index (χ3v) is 4.57. The van der Waals surface area contributed by atoms with Crippen LogP contribution >= 0.6 is 0 Å². The number of likely N-dealkylation sites (N-methyl/N-ethyl adjacent to an activating group) is 1. The normalized spacial score (nSPS) is 25.5. The Balaban J connectivity index is 1.93. The lowest BCUT2D eigenvalue weighted by molar-refractivity contribution is -0.208. The Kier molecular flexibility index (Phi) is 3.97. The standard InChI is InChI=1S/C16H22N2O4/c1-17-8-10-18(11-9-17)13-5-3-4-12-6-7-16(21-2,15(19)20)22-14(12)13/h3-5H,6-11H2,1-2H3,(H,19,20). The van der Waals surface area contributed by atoms with Crippen LogP contribution in [0, 0.1) is 0 Å². The van der Waals surface area contributed by atoms with Gasteiger partial charge < -0.3 is 24.4 Å². The first kappa shape index (κ1) is 15.1. The first-order valence-electron chi connectivity index (χ1n) is 7.59. The Bertz CT molecular complexity index is 569. The van der Waals surface area contributed by atoms with E-state index in [0.717, 1.165) is 37.4 Å². The van der Waals surface area contributed by atoms with Crippen molar-refractivity contribution in [2.75, 3.05) is 45.2 Å². The number of aryl methyl sites for hydroxylation is 1. The second-order valence-corrected chi connectivity index (χ2v) is 5.92. The van der Waals surface area contributed by atoms with Gasteiger partial charge in [0.1, 0.15) is 5.75 Å². The SMILES string of the molecule is COC1(C(=O)O)CCc2cccc(N3CCN(C)CC3)c2O1. The van der Waals surface area contributed by atoms with E-state index in [1.807, 2.05) is 18.2 Å². The van der Waals surface area contributed by atoms with Crippen molar-refractivity contribution in [1.82, 2.24) is 4.90 Å². The van der Waals surface area contributed by atoms with Gasteiger partial charge >= 0.3 is 11.8 Å². The first-order valence-corrected chi connectivity index (χ1v) is 7.59. The van der Waals surface area contributed by atoms with Gasteiger partial charge in [-0.25, -0.2) is 4.79 Å². The number of benzene rings is 1. The van der Waals surface area contributed by atoms with Crippen LogP contribution in [-0.4, -0.2) is 62.1 Å². The predicted molar refractivity (Wildman–Crippen MR) is 82.5 cm³/mol. The molecule has 1 N–H and O–H groups in total. The van der Waals surface area contributed by atoms with Crippen molar-refractivity contribution in [3.63, 3.8) is 0 Å². The van der Waals surface area contributed by atoms with E-state index in [2.05, 4.69) is 16.8 Å². The zero-order valence-electron chi connectivity index (χ0n) is 13.0. The number of para-hydroxylation sites is 1. The Morgan fingerprint density at radius 1 is 1.32 bits per heavy atom. The molecule has 1 atom stereocenters. The summed E-state index contributed by atoms with van der Waals surface area (Å²) in [6, 6.07) is 6.00. The average Bonchev–Trinajstić information content (AvgIpc) is 2.54. The Morgan fingerprint density at radius 3 is 2.68 bits per heavy atom. The van der Waals surface area contributed by atoms with Crippen LogP contribution in [0.15, 0.2) is 18.2 Å². The first-order chi connectivity index (χ1) is 10.6. The fraction of sp³-hybridized carbons (Fsp3) is 0.562. The Labute approximate surface area is 130 Å². The smallest absolute Gasteiger partial charge is 0.377 e. The van der Waals surface area contributed by atoms with E-state index >= 15 is 0 Å². The van der Waals surface area contributed by atoms with Gasteiger partial charge in [0.05, 0.1) is 5.69 Å². The van der Waals surface area contributed by atoms with Gasteiger partial charge in [0.15, 0.2) is 0 Å².